The number of benzene rings is 2. The van der Waals surface area contributed by atoms with Gasteiger partial charge in [-0.05, 0) is 49.4 Å². The highest BCUT2D eigenvalue weighted by Crippen LogP contribution is 2.41. The maximum Gasteiger partial charge on any atom is 0.274 e. The van der Waals surface area contributed by atoms with Crippen molar-refractivity contribution in [1.29, 1.82) is 0 Å². The van der Waals surface area contributed by atoms with Gasteiger partial charge < -0.3 is 4.74 Å². The van der Waals surface area contributed by atoms with E-state index in [0.29, 0.717) is 30.1 Å². The molecule has 0 unspecified atom stereocenters. The summed E-state index contributed by atoms with van der Waals surface area (Å²) in [6, 6.07) is 12.9. The lowest BCUT2D eigenvalue weighted by atomic mass is 9.76. The van der Waals surface area contributed by atoms with E-state index < -0.39 is 41.9 Å². The number of ketones is 1. The molecule has 33 heavy (non-hydrogen) atoms. The number of hydrogen-bond donors (Lipinski definition) is 0. The maximum absolute atomic E-state index is 13.5. The number of carbonyl (C=O) groups is 4. The second-order valence-electron chi connectivity index (χ2n) is 8.62. The van der Waals surface area contributed by atoms with Crippen molar-refractivity contribution in [2.24, 2.45) is 17.8 Å². The SMILES string of the molecule is COc1cccc(C(=O)CN(C(=O)c2ccccc2Cl)N2C(=O)[C@@H]3CC[C@H](C)C[C@H]3C2=O)c1. The Morgan fingerprint density at radius 2 is 1.79 bits per heavy atom. The molecule has 1 aliphatic carbocycles. The van der Waals surface area contributed by atoms with Crippen LogP contribution in [0.5, 0.6) is 5.75 Å². The minimum atomic E-state index is -0.676. The van der Waals surface area contributed by atoms with Crippen molar-refractivity contribution < 1.29 is 23.9 Å². The van der Waals surface area contributed by atoms with Gasteiger partial charge in [-0.3, -0.25) is 19.2 Å². The number of Topliss-reactive ketones (excluding diaryl/α,β-unsaturated/α-hetero) is 1. The fourth-order valence-electron chi connectivity index (χ4n) is 4.64. The summed E-state index contributed by atoms with van der Waals surface area (Å²) in [6.45, 7) is 1.57. The molecule has 0 N–H and O–H groups in total. The van der Waals surface area contributed by atoms with E-state index in [4.69, 9.17) is 16.3 Å². The molecule has 2 aliphatic rings. The molecule has 2 aromatic rings. The Balaban J connectivity index is 1.71. The van der Waals surface area contributed by atoms with Gasteiger partial charge in [0.25, 0.3) is 17.7 Å². The third-order valence-corrected chi connectivity index (χ3v) is 6.76. The number of ether oxygens (including phenoxy) is 1. The van der Waals surface area contributed by atoms with Crippen molar-refractivity contribution in [3.8, 4) is 5.75 Å². The quantitative estimate of drug-likeness (QED) is 0.472. The summed E-state index contributed by atoms with van der Waals surface area (Å²) in [7, 11) is 1.49. The number of nitrogens with zero attached hydrogens (tertiary/aromatic N) is 2. The number of imide groups is 1. The van der Waals surface area contributed by atoms with Gasteiger partial charge in [0.1, 0.15) is 12.3 Å². The largest absolute Gasteiger partial charge is 0.497 e. The highest BCUT2D eigenvalue weighted by molar-refractivity contribution is 6.34. The lowest BCUT2D eigenvalue weighted by Crippen LogP contribution is -2.52. The number of rotatable bonds is 6. The van der Waals surface area contributed by atoms with E-state index >= 15 is 0 Å². The van der Waals surface area contributed by atoms with Crippen LogP contribution >= 0.6 is 11.6 Å². The van der Waals surface area contributed by atoms with Crippen LogP contribution < -0.4 is 4.74 Å². The Bertz CT molecular complexity index is 1120. The second kappa shape index (κ2) is 9.35. The monoisotopic (exact) mass is 468 g/mol. The first-order valence-electron chi connectivity index (χ1n) is 10.9. The normalized spacial score (nSPS) is 22.2. The maximum atomic E-state index is 13.5. The minimum Gasteiger partial charge on any atom is -0.497 e. The van der Waals surface area contributed by atoms with Gasteiger partial charge in [-0.15, -0.1) is 0 Å². The summed E-state index contributed by atoms with van der Waals surface area (Å²) in [5.74, 6) is -2.13. The van der Waals surface area contributed by atoms with Crippen LogP contribution in [0.25, 0.3) is 0 Å². The van der Waals surface area contributed by atoms with Gasteiger partial charge in [-0.25, -0.2) is 5.01 Å². The van der Waals surface area contributed by atoms with Crippen molar-refractivity contribution in [2.45, 2.75) is 26.2 Å². The first-order chi connectivity index (χ1) is 15.8. The van der Waals surface area contributed by atoms with Gasteiger partial charge in [-0.1, -0.05) is 42.8 Å². The molecule has 7 nitrogen and oxygen atoms in total. The predicted molar refractivity (Wildman–Crippen MR) is 122 cm³/mol. The lowest BCUT2D eigenvalue weighted by Gasteiger charge is -2.30. The molecule has 2 fully saturated rings. The van der Waals surface area contributed by atoms with Crippen molar-refractivity contribution in [3.63, 3.8) is 0 Å². The zero-order valence-electron chi connectivity index (χ0n) is 18.5. The molecule has 0 spiro atoms. The molecule has 3 amide bonds. The molecule has 1 saturated carbocycles. The molecule has 0 aromatic heterocycles. The highest BCUT2D eigenvalue weighted by atomic mass is 35.5. The molecular formula is C25H25ClN2O5. The Kier molecular flexibility index (Phi) is 6.51. The summed E-state index contributed by atoms with van der Waals surface area (Å²) in [5.41, 5.74) is 0.415. The average Bonchev–Trinajstić information content (AvgIpc) is 3.06. The number of amides is 3. The van der Waals surface area contributed by atoms with Crippen LogP contribution in [0.3, 0.4) is 0 Å². The molecule has 3 atom stereocenters. The molecule has 8 heteroatoms. The smallest absolute Gasteiger partial charge is 0.274 e. The van der Waals surface area contributed by atoms with E-state index in [1.54, 1.807) is 42.5 Å². The fraction of sp³-hybridized carbons (Fsp3) is 0.360. The first kappa shape index (κ1) is 23.0. The Hall–Kier alpha value is -3.19. The molecule has 0 bridgehead atoms. The topological polar surface area (TPSA) is 84.0 Å². The number of hydrogen-bond acceptors (Lipinski definition) is 5. The fourth-order valence-corrected chi connectivity index (χ4v) is 4.86. The molecule has 1 saturated heterocycles. The van der Waals surface area contributed by atoms with Crippen LogP contribution in [-0.4, -0.2) is 47.2 Å². The van der Waals surface area contributed by atoms with Crippen LogP contribution in [0, 0.1) is 17.8 Å². The third kappa shape index (κ3) is 4.37. The molecule has 1 heterocycles. The number of halogens is 1. The summed E-state index contributed by atoms with van der Waals surface area (Å²) in [6.07, 6.45) is 2.02. The summed E-state index contributed by atoms with van der Waals surface area (Å²) in [4.78, 5) is 53.3. The summed E-state index contributed by atoms with van der Waals surface area (Å²) >= 11 is 6.24. The number of methoxy groups -OCH3 is 1. The first-order valence-corrected chi connectivity index (χ1v) is 11.3. The molecule has 2 aromatic carbocycles. The molecule has 172 valence electrons. The average molecular weight is 469 g/mol. The van der Waals surface area contributed by atoms with Crippen molar-refractivity contribution in [1.82, 2.24) is 10.0 Å². The van der Waals surface area contributed by atoms with E-state index in [9.17, 15) is 19.2 Å². The van der Waals surface area contributed by atoms with Crippen LogP contribution in [0.4, 0.5) is 0 Å². The van der Waals surface area contributed by atoms with E-state index in [-0.39, 0.29) is 10.6 Å². The number of carbonyl (C=O) groups excluding carboxylic acids is 4. The van der Waals surface area contributed by atoms with E-state index in [1.165, 1.54) is 13.2 Å². The standard InChI is InChI=1S/C25H25ClN2O5/c1-15-10-11-18-20(12-15)25(32)28(24(18)31)27(23(30)19-8-3-4-9-21(19)26)14-22(29)16-6-5-7-17(13-16)33-2/h3-9,13,15,18,20H,10-12,14H2,1-2H3/t15-,18+,20+/m0/s1. The molecule has 1 aliphatic heterocycles. The molecule has 0 radical (unpaired) electrons. The van der Waals surface area contributed by atoms with Crippen molar-refractivity contribution in [2.75, 3.05) is 13.7 Å². The van der Waals surface area contributed by atoms with E-state index in [1.807, 2.05) is 0 Å². The molecular weight excluding hydrogens is 444 g/mol. The zero-order valence-corrected chi connectivity index (χ0v) is 19.2. The van der Waals surface area contributed by atoms with Gasteiger partial charge in [0, 0.05) is 5.56 Å². The Labute approximate surface area is 197 Å². The number of fused-ring (bicyclic) bond motifs is 1. The summed E-state index contributed by atoms with van der Waals surface area (Å²) < 4.78 is 5.18. The van der Waals surface area contributed by atoms with Gasteiger partial charge in [0.05, 0.1) is 29.5 Å². The Morgan fingerprint density at radius 1 is 1.06 bits per heavy atom. The van der Waals surface area contributed by atoms with Crippen molar-refractivity contribution >= 4 is 35.1 Å². The van der Waals surface area contributed by atoms with Crippen molar-refractivity contribution in [3.05, 3.63) is 64.7 Å². The van der Waals surface area contributed by atoms with Crippen LogP contribution in [0.2, 0.25) is 5.02 Å². The van der Waals surface area contributed by atoms with Gasteiger partial charge in [0.2, 0.25) is 0 Å². The van der Waals surface area contributed by atoms with Crippen LogP contribution in [0.15, 0.2) is 48.5 Å². The Morgan fingerprint density at radius 3 is 2.52 bits per heavy atom. The van der Waals surface area contributed by atoms with Gasteiger partial charge in [0.15, 0.2) is 5.78 Å². The summed E-state index contributed by atoms with van der Waals surface area (Å²) in [5, 5.41) is 2.01. The second-order valence-corrected chi connectivity index (χ2v) is 9.02. The van der Waals surface area contributed by atoms with Gasteiger partial charge >= 0.3 is 0 Å². The lowest BCUT2D eigenvalue weighted by molar-refractivity contribution is -0.154. The van der Waals surface area contributed by atoms with E-state index in [0.717, 1.165) is 16.4 Å². The van der Waals surface area contributed by atoms with Gasteiger partial charge in [-0.2, -0.15) is 5.01 Å². The van der Waals surface area contributed by atoms with Crippen LogP contribution in [-0.2, 0) is 9.59 Å². The third-order valence-electron chi connectivity index (χ3n) is 6.43. The highest BCUT2D eigenvalue weighted by Gasteiger charge is 2.52. The minimum absolute atomic E-state index is 0.112. The molecule has 4 rings (SSSR count). The van der Waals surface area contributed by atoms with E-state index in [2.05, 4.69) is 6.92 Å². The number of hydrazine groups is 1. The predicted octanol–water partition coefficient (Wildman–Crippen LogP) is 4.01. The van der Waals surface area contributed by atoms with Crippen LogP contribution in [0.1, 0.15) is 46.9 Å². The zero-order chi connectivity index (χ0) is 23.7.